The highest BCUT2D eigenvalue weighted by atomic mass is 127. The van der Waals surface area contributed by atoms with E-state index in [1.807, 2.05) is 22.6 Å². The predicted molar refractivity (Wildman–Crippen MR) is 116 cm³/mol. The molecular formula is C16H16FIN4O4S2. The molecule has 0 spiro atoms. The first-order valence-electron chi connectivity index (χ1n) is 7.90. The normalized spacial score (nSPS) is 11.6. The van der Waals surface area contributed by atoms with Crippen molar-refractivity contribution in [3.05, 3.63) is 39.8 Å². The smallest absolute Gasteiger partial charge is 0.299 e. The fourth-order valence-corrected chi connectivity index (χ4v) is 4.50. The number of rotatable bonds is 8. The van der Waals surface area contributed by atoms with Crippen molar-refractivity contribution >= 4 is 71.5 Å². The molecule has 0 aliphatic carbocycles. The van der Waals surface area contributed by atoms with E-state index in [0.29, 0.717) is 11.1 Å². The molecule has 0 radical (unpaired) electrons. The molecule has 0 bridgehead atoms. The number of aliphatic hydroxyl groups is 1. The lowest BCUT2D eigenvalue weighted by atomic mass is 10.1. The standard InChI is InChI=1S/C16H16FIN4O4S2/c1-26-13-7-14-10(8-19-27-14)15(16(13)22-28(24,25)20-4-5-23)21-12-3-2-9(18)6-11(12)17/h2-3,6-8,20-23H,4-5H2,1H3. The van der Waals surface area contributed by atoms with Crippen LogP contribution in [0.3, 0.4) is 0 Å². The van der Waals surface area contributed by atoms with Gasteiger partial charge in [-0.05, 0) is 52.3 Å². The van der Waals surface area contributed by atoms with Gasteiger partial charge in [0.05, 0.1) is 36.0 Å². The third-order valence-corrected chi connectivity index (χ3v) is 6.15. The van der Waals surface area contributed by atoms with Crippen molar-refractivity contribution in [2.24, 2.45) is 0 Å². The van der Waals surface area contributed by atoms with Gasteiger partial charge < -0.3 is 15.2 Å². The van der Waals surface area contributed by atoms with Gasteiger partial charge >= 0.3 is 0 Å². The van der Waals surface area contributed by atoms with E-state index in [9.17, 15) is 12.8 Å². The molecule has 3 rings (SSSR count). The molecule has 0 unspecified atom stereocenters. The second kappa shape index (κ2) is 8.73. The number of hydrogen-bond donors (Lipinski definition) is 4. The number of aromatic nitrogens is 1. The van der Waals surface area contributed by atoms with Crippen molar-refractivity contribution in [2.75, 3.05) is 30.3 Å². The Kier molecular flexibility index (Phi) is 6.54. The highest BCUT2D eigenvalue weighted by molar-refractivity contribution is 14.1. The van der Waals surface area contributed by atoms with Crippen LogP contribution in [-0.2, 0) is 10.2 Å². The van der Waals surface area contributed by atoms with Gasteiger partial charge in [-0.25, -0.2) is 4.39 Å². The van der Waals surface area contributed by atoms with Crippen molar-refractivity contribution in [3.63, 3.8) is 0 Å². The Morgan fingerprint density at radius 1 is 1.32 bits per heavy atom. The fraction of sp³-hybridized carbons (Fsp3) is 0.188. The number of methoxy groups -OCH3 is 1. The van der Waals surface area contributed by atoms with E-state index >= 15 is 0 Å². The van der Waals surface area contributed by atoms with Crippen molar-refractivity contribution in [1.82, 2.24) is 9.10 Å². The van der Waals surface area contributed by atoms with Crippen LogP contribution in [0.1, 0.15) is 0 Å². The van der Waals surface area contributed by atoms with E-state index in [1.165, 1.54) is 24.7 Å². The van der Waals surface area contributed by atoms with Crippen LogP contribution in [0, 0.1) is 9.39 Å². The van der Waals surface area contributed by atoms with Crippen LogP contribution in [0.15, 0.2) is 30.5 Å². The first kappa shape index (κ1) is 21.0. The van der Waals surface area contributed by atoms with Crippen LogP contribution in [-0.4, -0.2) is 38.2 Å². The van der Waals surface area contributed by atoms with Crippen LogP contribution in [0.5, 0.6) is 5.75 Å². The van der Waals surface area contributed by atoms with Gasteiger partial charge in [0.15, 0.2) is 0 Å². The minimum absolute atomic E-state index is 0.0959. The van der Waals surface area contributed by atoms with E-state index in [2.05, 4.69) is 19.1 Å². The maximum Gasteiger partial charge on any atom is 0.299 e. The SMILES string of the molecule is COc1cc2sncc2c(Nc2ccc(I)cc2F)c1NS(=O)(=O)NCCO. The zero-order valence-corrected chi connectivity index (χ0v) is 18.3. The quantitative estimate of drug-likeness (QED) is 0.328. The average molecular weight is 538 g/mol. The number of hydrogen-bond acceptors (Lipinski definition) is 7. The molecule has 0 amide bonds. The van der Waals surface area contributed by atoms with Gasteiger partial charge in [-0.15, -0.1) is 0 Å². The van der Waals surface area contributed by atoms with E-state index in [-0.39, 0.29) is 30.3 Å². The molecule has 0 aliphatic rings. The molecule has 1 heterocycles. The average Bonchev–Trinajstić information content (AvgIpc) is 3.11. The molecule has 0 saturated carbocycles. The van der Waals surface area contributed by atoms with Gasteiger partial charge in [0.25, 0.3) is 10.2 Å². The fourth-order valence-electron chi connectivity index (χ4n) is 2.46. The molecule has 0 fully saturated rings. The monoisotopic (exact) mass is 538 g/mol. The molecule has 0 saturated heterocycles. The molecule has 8 nitrogen and oxygen atoms in total. The minimum Gasteiger partial charge on any atom is -0.494 e. The number of aliphatic hydroxyl groups excluding tert-OH is 1. The molecule has 12 heteroatoms. The maximum atomic E-state index is 14.4. The van der Waals surface area contributed by atoms with Gasteiger partial charge in [-0.3, -0.25) is 4.72 Å². The first-order chi connectivity index (χ1) is 13.3. The number of fused-ring (bicyclic) bond motifs is 1. The Balaban J connectivity index is 2.14. The highest BCUT2D eigenvalue weighted by Crippen LogP contribution is 2.43. The molecule has 1 aromatic heterocycles. The lowest BCUT2D eigenvalue weighted by molar-refractivity contribution is 0.301. The molecule has 0 aliphatic heterocycles. The van der Waals surface area contributed by atoms with Gasteiger partial charge in [-0.2, -0.15) is 17.5 Å². The summed E-state index contributed by atoms with van der Waals surface area (Å²) in [5.41, 5.74) is 0.570. The number of ether oxygens (including phenoxy) is 1. The topological polar surface area (TPSA) is 113 Å². The Morgan fingerprint density at radius 3 is 2.79 bits per heavy atom. The second-order valence-corrected chi connectivity index (χ2v) is 9.12. The Morgan fingerprint density at radius 2 is 2.11 bits per heavy atom. The largest absolute Gasteiger partial charge is 0.494 e. The number of halogens is 2. The molecular weight excluding hydrogens is 522 g/mol. The van der Waals surface area contributed by atoms with Gasteiger partial charge in [0.1, 0.15) is 17.3 Å². The number of benzene rings is 2. The van der Waals surface area contributed by atoms with E-state index in [4.69, 9.17) is 9.84 Å². The molecule has 150 valence electrons. The maximum absolute atomic E-state index is 14.4. The van der Waals surface area contributed by atoms with Crippen LogP contribution in [0.2, 0.25) is 0 Å². The summed E-state index contributed by atoms with van der Waals surface area (Å²) in [6.07, 6.45) is 1.56. The summed E-state index contributed by atoms with van der Waals surface area (Å²) in [5, 5.41) is 12.4. The van der Waals surface area contributed by atoms with Crippen molar-refractivity contribution in [3.8, 4) is 5.75 Å². The molecule has 28 heavy (non-hydrogen) atoms. The lowest BCUT2D eigenvalue weighted by Gasteiger charge is -2.18. The van der Waals surface area contributed by atoms with Crippen molar-refractivity contribution in [2.45, 2.75) is 0 Å². The molecule has 3 aromatic rings. The summed E-state index contributed by atoms with van der Waals surface area (Å²) < 4.78 is 54.5. The third kappa shape index (κ3) is 4.63. The second-order valence-electron chi connectivity index (χ2n) is 5.54. The number of anilines is 3. The summed E-state index contributed by atoms with van der Waals surface area (Å²) >= 11 is 3.20. The Labute approximate surface area is 178 Å². The van der Waals surface area contributed by atoms with E-state index < -0.39 is 16.0 Å². The highest BCUT2D eigenvalue weighted by Gasteiger charge is 2.21. The van der Waals surface area contributed by atoms with Crippen LogP contribution in [0.25, 0.3) is 10.1 Å². The van der Waals surface area contributed by atoms with Crippen molar-refractivity contribution in [1.29, 1.82) is 0 Å². The van der Waals surface area contributed by atoms with Crippen LogP contribution < -0.4 is 19.5 Å². The Hall–Kier alpha value is -1.74. The van der Waals surface area contributed by atoms with Crippen LogP contribution >= 0.6 is 34.1 Å². The van der Waals surface area contributed by atoms with E-state index in [0.717, 1.165) is 8.27 Å². The zero-order valence-electron chi connectivity index (χ0n) is 14.5. The predicted octanol–water partition coefficient (Wildman–Crippen LogP) is 3.03. The van der Waals surface area contributed by atoms with Gasteiger partial charge in [-0.1, -0.05) is 0 Å². The number of nitrogens with zero attached hydrogens (tertiary/aromatic N) is 1. The van der Waals surface area contributed by atoms with Gasteiger partial charge in [0.2, 0.25) is 0 Å². The summed E-state index contributed by atoms with van der Waals surface area (Å²) in [6.45, 7) is -0.515. The molecule has 4 N–H and O–H groups in total. The molecule has 0 atom stereocenters. The Bertz CT molecular complexity index is 1110. The van der Waals surface area contributed by atoms with Crippen LogP contribution in [0.4, 0.5) is 21.5 Å². The zero-order chi connectivity index (χ0) is 20.3. The lowest BCUT2D eigenvalue weighted by Crippen LogP contribution is -2.32. The van der Waals surface area contributed by atoms with E-state index in [1.54, 1.807) is 24.4 Å². The third-order valence-electron chi connectivity index (χ3n) is 3.68. The minimum atomic E-state index is -4.00. The summed E-state index contributed by atoms with van der Waals surface area (Å²) in [4.78, 5) is 0. The van der Waals surface area contributed by atoms with Gasteiger partial charge in [0, 0.05) is 21.6 Å². The van der Waals surface area contributed by atoms with Crippen molar-refractivity contribution < 1.29 is 22.7 Å². The summed E-state index contributed by atoms with van der Waals surface area (Å²) in [5.74, 6) is -0.252. The molecule has 2 aromatic carbocycles. The summed E-state index contributed by atoms with van der Waals surface area (Å²) in [6, 6.07) is 6.29. The summed E-state index contributed by atoms with van der Waals surface area (Å²) in [7, 11) is -2.61. The number of nitrogens with one attached hydrogen (secondary N) is 3. The first-order valence-corrected chi connectivity index (χ1v) is 11.2.